The summed E-state index contributed by atoms with van der Waals surface area (Å²) in [5.74, 6) is 0. The number of halogens is 1. The quantitative estimate of drug-likeness (QED) is 0.286. The number of nitriles is 1. The van der Waals surface area contributed by atoms with Crippen LogP contribution in [-0.4, -0.2) is 4.82 Å². The molecule has 0 aromatic heterocycles. The molecule has 0 saturated heterocycles. The Morgan fingerprint density at radius 3 is 2.71 bits per heavy atom. The molecule has 0 heterocycles. The molecule has 7 heavy (non-hydrogen) atoms. The number of nitrogens with zero attached hydrogens (tertiary/aromatic N) is 1. The third-order valence-electron chi connectivity index (χ3n) is 0.177. The van der Waals surface area contributed by atoms with E-state index >= 15 is 0 Å². The molecule has 0 aromatic carbocycles. The summed E-state index contributed by atoms with van der Waals surface area (Å²) in [4.78, 5) is 9.45. The van der Waals surface area contributed by atoms with Crippen molar-refractivity contribution in [1.29, 1.82) is 5.26 Å². The average molecular weight is 181 g/mol. The first-order valence-electron chi connectivity index (χ1n) is 1.27. The Kier molecular flexibility index (Phi) is 3.84. The summed E-state index contributed by atoms with van der Waals surface area (Å²) < 4.78 is 2.13. The molecule has 38 valence electrons. The van der Waals surface area contributed by atoms with E-state index in [4.69, 9.17) is 5.26 Å². The third-order valence-corrected chi connectivity index (χ3v) is 1.02. The van der Waals surface area contributed by atoms with Gasteiger partial charge in [0.1, 0.15) is 0 Å². The first-order valence-corrected chi connectivity index (χ1v) is 2.88. The highest BCUT2D eigenvalue weighted by Gasteiger charge is 1.87. The zero-order valence-electron chi connectivity index (χ0n) is 3.14. The van der Waals surface area contributed by atoms with E-state index in [0.717, 1.165) is 0 Å². The molecule has 1 amide bonds. The van der Waals surface area contributed by atoms with Crippen molar-refractivity contribution in [3.63, 3.8) is 0 Å². The van der Waals surface area contributed by atoms with Gasteiger partial charge in [0.15, 0.2) is 5.40 Å². The fourth-order valence-corrected chi connectivity index (χ4v) is 0.432. The maximum Gasteiger partial charge on any atom is 0.297 e. The van der Waals surface area contributed by atoms with Crippen molar-refractivity contribution < 1.29 is 4.79 Å². The summed E-state index contributed by atoms with van der Waals surface area (Å²) in [6, 6.07) is 0. The van der Waals surface area contributed by atoms with E-state index < -0.39 is 0 Å². The van der Waals surface area contributed by atoms with Gasteiger partial charge in [0, 0.05) is 15.9 Å². The number of carbonyl (C=O) groups excluding carboxylic acids is 1. The molecule has 0 saturated carbocycles. The number of hydrogen-bond donors (Lipinski definition) is 1. The van der Waals surface area contributed by atoms with Gasteiger partial charge in [-0.05, 0) is 0 Å². The van der Waals surface area contributed by atoms with Crippen molar-refractivity contribution in [2.45, 2.75) is 0 Å². The molecule has 0 aliphatic rings. The highest BCUT2D eigenvalue weighted by atomic mass is 79.9. The van der Waals surface area contributed by atoms with Crippen LogP contribution in [0.4, 0.5) is 4.79 Å². The van der Waals surface area contributed by atoms with Crippen molar-refractivity contribution in [2.24, 2.45) is 0 Å². The second kappa shape index (κ2) is 3.96. The summed E-state index contributed by atoms with van der Waals surface area (Å²) in [7, 11) is 0. The van der Waals surface area contributed by atoms with Crippen molar-refractivity contribution in [3.05, 3.63) is 0 Å². The zero-order chi connectivity index (χ0) is 5.70. The number of thiocyanates is 1. The van der Waals surface area contributed by atoms with Gasteiger partial charge >= 0.3 is 0 Å². The van der Waals surface area contributed by atoms with E-state index in [2.05, 4.69) is 20.7 Å². The monoisotopic (exact) mass is 180 g/mol. The number of carbonyl (C=O) groups is 1. The van der Waals surface area contributed by atoms with Crippen LogP contribution in [0.2, 0.25) is 0 Å². The first kappa shape index (κ1) is 6.79. The lowest BCUT2D eigenvalue weighted by molar-refractivity contribution is 0.266. The molecule has 3 nitrogen and oxygen atoms in total. The van der Waals surface area contributed by atoms with Gasteiger partial charge in [-0.2, -0.15) is 5.26 Å². The first-order chi connectivity index (χ1) is 3.27. The molecular formula is C2HBrN2OS. The van der Waals surface area contributed by atoms with E-state index in [-0.39, 0.29) is 4.82 Å². The number of nitrogens with one attached hydrogen (secondary N) is 1. The molecule has 0 atom stereocenters. The van der Waals surface area contributed by atoms with Crippen molar-refractivity contribution in [1.82, 2.24) is 4.72 Å². The minimum atomic E-state index is -0.390. The van der Waals surface area contributed by atoms with Gasteiger partial charge in [0.25, 0.3) is 4.82 Å². The number of rotatable bonds is 1. The lowest BCUT2D eigenvalue weighted by Gasteiger charge is -1.82. The molecule has 0 fully saturated rings. The lowest BCUT2D eigenvalue weighted by atomic mass is 11.5. The molecule has 0 unspecified atom stereocenters. The predicted octanol–water partition coefficient (Wildman–Crippen LogP) is 1.22. The van der Waals surface area contributed by atoms with Gasteiger partial charge in [-0.15, -0.1) is 0 Å². The highest BCUT2D eigenvalue weighted by Crippen LogP contribution is 1.91. The largest absolute Gasteiger partial charge is 0.297 e. The smallest absolute Gasteiger partial charge is 0.278 e. The summed E-state index contributed by atoms with van der Waals surface area (Å²) in [5.41, 5.74) is 0. The topological polar surface area (TPSA) is 52.9 Å². The molecule has 0 aromatic rings. The Hall–Kier alpha value is -0.210. The second-order valence-electron chi connectivity index (χ2n) is 0.569. The number of amides is 1. The minimum absolute atomic E-state index is 0.390. The van der Waals surface area contributed by atoms with E-state index in [9.17, 15) is 4.79 Å². The van der Waals surface area contributed by atoms with Crippen LogP contribution in [-0.2, 0) is 0 Å². The van der Waals surface area contributed by atoms with Gasteiger partial charge in [-0.1, -0.05) is 0 Å². The van der Waals surface area contributed by atoms with E-state index in [0.29, 0.717) is 11.9 Å². The van der Waals surface area contributed by atoms with E-state index in [1.807, 2.05) is 0 Å². The normalized spacial score (nSPS) is 6.86. The van der Waals surface area contributed by atoms with Crippen LogP contribution >= 0.6 is 27.9 Å². The summed E-state index contributed by atoms with van der Waals surface area (Å²) in [6.07, 6.45) is 0. The van der Waals surface area contributed by atoms with Gasteiger partial charge in [-0.3, -0.25) is 9.52 Å². The van der Waals surface area contributed by atoms with Gasteiger partial charge in [0.2, 0.25) is 0 Å². The van der Waals surface area contributed by atoms with Crippen molar-refractivity contribution in [3.8, 4) is 5.40 Å². The number of hydrogen-bond acceptors (Lipinski definition) is 3. The molecule has 0 bridgehead atoms. The molecule has 0 rings (SSSR count). The minimum Gasteiger partial charge on any atom is -0.278 e. The van der Waals surface area contributed by atoms with Crippen LogP contribution in [0.15, 0.2) is 0 Å². The van der Waals surface area contributed by atoms with Crippen LogP contribution in [0.3, 0.4) is 0 Å². The summed E-state index contributed by atoms with van der Waals surface area (Å²) in [5, 5.41) is 9.45. The molecule has 1 N–H and O–H groups in total. The van der Waals surface area contributed by atoms with E-state index in [1.54, 1.807) is 5.40 Å². The van der Waals surface area contributed by atoms with Crippen molar-refractivity contribution in [2.75, 3.05) is 0 Å². The Balaban J connectivity index is 3.02. The fraction of sp³-hybridized carbons (Fsp3) is 0. The van der Waals surface area contributed by atoms with Crippen LogP contribution in [0.1, 0.15) is 0 Å². The predicted molar refractivity (Wildman–Crippen MR) is 30.7 cm³/mol. The summed E-state index contributed by atoms with van der Waals surface area (Å²) in [6.45, 7) is 0. The van der Waals surface area contributed by atoms with Gasteiger partial charge in [-0.25, -0.2) is 0 Å². The van der Waals surface area contributed by atoms with Crippen molar-refractivity contribution >= 4 is 32.7 Å². The second-order valence-corrected chi connectivity index (χ2v) is 1.88. The highest BCUT2D eigenvalue weighted by molar-refractivity contribution is 9.18. The Labute approximate surface area is 53.3 Å². The zero-order valence-corrected chi connectivity index (χ0v) is 5.54. The molecule has 0 radical (unpaired) electrons. The molecule has 0 aliphatic carbocycles. The van der Waals surface area contributed by atoms with Gasteiger partial charge in [0.05, 0.1) is 11.9 Å². The van der Waals surface area contributed by atoms with Crippen LogP contribution in [0.5, 0.6) is 0 Å². The Morgan fingerprint density at radius 2 is 2.57 bits per heavy atom. The van der Waals surface area contributed by atoms with Gasteiger partial charge < -0.3 is 0 Å². The summed E-state index contributed by atoms with van der Waals surface area (Å²) >= 11 is 3.23. The fourth-order valence-electron chi connectivity index (χ4n) is 0.0629. The average Bonchev–Trinajstić information content (AvgIpc) is 1.61. The van der Waals surface area contributed by atoms with Crippen LogP contribution < -0.4 is 4.72 Å². The standard InChI is InChI=1S/C2HBrN2OS/c3-2(6)5-7-1-4/h(H,5,6). The lowest BCUT2D eigenvalue weighted by Crippen LogP contribution is -2.02. The Morgan fingerprint density at radius 1 is 2.00 bits per heavy atom. The maximum absolute atomic E-state index is 9.84. The Bertz CT molecular complexity index is 109. The van der Waals surface area contributed by atoms with Crippen LogP contribution in [0.25, 0.3) is 0 Å². The van der Waals surface area contributed by atoms with E-state index in [1.165, 1.54) is 0 Å². The molecular weight excluding hydrogens is 180 g/mol. The maximum atomic E-state index is 9.84. The SMILES string of the molecule is N#CSNC(=O)Br. The molecule has 0 spiro atoms. The van der Waals surface area contributed by atoms with Crippen LogP contribution in [0, 0.1) is 10.7 Å². The molecule has 0 aliphatic heterocycles. The molecule has 5 heteroatoms. The third kappa shape index (κ3) is 5.79.